The van der Waals surface area contributed by atoms with E-state index in [4.69, 9.17) is 0 Å². The Balaban J connectivity index is 2.39. The second kappa shape index (κ2) is 3.81. The molecule has 0 saturated heterocycles. The molecule has 1 aromatic carbocycles. The topological polar surface area (TPSA) is 41.1 Å². The largest absolute Gasteiger partial charge is 0.338 e. The van der Waals surface area contributed by atoms with Gasteiger partial charge in [-0.05, 0) is 29.0 Å². The van der Waals surface area contributed by atoms with Gasteiger partial charge in [-0.3, -0.25) is 0 Å². The van der Waals surface area contributed by atoms with Gasteiger partial charge in [0.05, 0.1) is 0 Å². The Morgan fingerprint density at radius 3 is 2.69 bits per heavy atom. The second-order valence-electron chi connectivity index (χ2n) is 5.25. The van der Waals surface area contributed by atoms with Crippen molar-refractivity contribution in [3.63, 3.8) is 0 Å². The number of carbonyl (C=O) groups is 1. The summed E-state index contributed by atoms with van der Waals surface area (Å²) in [6.45, 7) is 7.29. The first-order valence-electron chi connectivity index (χ1n) is 5.65. The number of hydrogen-bond acceptors (Lipinski definition) is 1. The molecule has 86 valence electrons. The van der Waals surface area contributed by atoms with E-state index in [-0.39, 0.29) is 11.4 Å². The molecule has 0 radical (unpaired) electrons. The standard InChI is InChI=1S/C13H18N2O/c1-13(2,3)10-4-5-11-9(8-10)6-7-14-12(16)15-11/h4-5,8H,6-7H2,1-3H3,(H2,14,15,16). The van der Waals surface area contributed by atoms with E-state index in [1.165, 1.54) is 11.1 Å². The number of hydrogen-bond donors (Lipinski definition) is 2. The number of fused-ring (bicyclic) bond motifs is 1. The normalized spacial score (nSPS) is 15.8. The molecule has 3 nitrogen and oxygen atoms in total. The zero-order chi connectivity index (χ0) is 11.8. The fourth-order valence-corrected chi connectivity index (χ4v) is 1.87. The number of urea groups is 1. The number of nitrogens with one attached hydrogen (secondary N) is 2. The first kappa shape index (κ1) is 11.0. The van der Waals surface area contributed by atoms with Crippen LogP contribution in [0, 0.1) is 0 Å². The van der Waals surface area contributed by atoms with Crippen LogP contribution >= 0.6 is 0 Å². The maximum Gasteiger partial charge on any atom is 0.319 e. The maximum atomic E-state index is 11.3. The number of benzene rings is 1. The van der Waals surface area contributed by atoms with Gasteiger partial charge in [0.25, 0.3) is 0 Å². The van der Waals surface area contributed by atoms with Crippen molar-refractivity contribution in [2.24, 2.45) is 0 Å². The highest BCUT2D eigenvalue weighted by atomic mass is 16.2. The van der Waals surface area contributed by atoms with Gasteiger partial charge in [-0.15, -0.1) is 0 Å². The Kier molecular flexibility index (Phi) is 2.62. The van der Waals surface area contributed by atoms with E-state index in [0.29, 0.717) is 6.54 Å². The Morgan fingerprint density at radius 1 is 1.25 bits per heavy atom. The Bertz CT molecular complexity index is 418. The van der Waals surface area contributed by atoms with Crippen molar-refractivity contribution in [2.75, 3.05) is 11.9 Å². The molecule has 0 fully saturated rings. The molecule has 0 bridgehead atoms. The van der Waals surface area contributed by atoms with Crippen LogP contribution in [0.5, 0.6) is 0 Å². The number of anilines is 1. The summed E-state index contributed by atoms with van der Waals surface area (Å²) in [5.41, 5.74) is 3.61. The highest BCUT2D eigenvalue weighted by molar-refractivity contribution is 5.90. The summed E-state index contributed by atoms with van der Waals surface area (Å²) in [4.78, 5) is 11.3. The van der Waals surface area contributed by atoms with Gasteiger partial charge in [0.2, 0.25) is 0 Å². The molecule has 0 spiro atoms. The van der Waals surface area contributed by atoms with Crippen LogP contribution in [0.4, 0.5) is 10.5 Å². The van der Waals surface area contributed by atoms with Gasteiger partial charge in [0.15, 0.2) is 0 Å². The second-order valence-corrected chi connectivity index (χ2v) is 5.25. The molecule has 1 aliphatic rings. The molecule has 0 aliphatic carbocycles. The molecule has 0 unspecified atom stereocenters. The van der Waals surface area contributed by atoms with Gasteiger partial charge in [0.1, 0.15) is 0 Å². The summed E-state index contributed by atoms with van der Waals surface area (Å²) in [6, 6.07) is 6.18. The van der Waals surface area contributed by atoms with Gasteiger partial charge in [-0.25, -0.2) is 4.79 Å². The molecule has 2 rings (SSSR count). The average molecular weight is 218 g/mol. The lowest BCUT2D eigenvalue weighted by molar-refractivity contribution is 0.252. The van der Waals surface area contributed by atoms with Gasteiger partial charge >= 0.3 is 6.03 Å². The van der Waals surface area contributed by atoms with Gasteiger partial charge in [-0.1, -0.05) is 32.9 Å². The summed E-state index contributed by atoms with van der Waals surface area (Å²) in [5.74, 6) is 0. The summed E-state index contributed by atoms with van der Waals surface area (Å²) in [6.07, 6.45) is 0.887. The molecule has 3 heteroatoms. The van der Waals surface area contributed by atoms with E-state index < -0.39 is 0 Å². The van der Waals surface area contributed by atoms with Crippen LogP contribution in [0.2, 0.25) is 0 Å². The van der Waals surface area contributed by atoms with Crippen LogP contribution in [0.1, 0.15) is 31.9 Å². The Morgan fingerprint density at radius 2 is 2.00 bits per heavy atom. The predicted molar refractivity (Wildman–Crippen MR) is 65.9 cm³/mol. The van der Waals surface area contributed by atoms with Gasteiger partial charge in [0, 0.05) is 12.2 Å². The Labute approximate surface area is 96.2 Å². The molecule has 1 aliphatic heterocycles. The lowest BCUT2D eigenvalue weighted by Crippen LogP contribution is -2.27. The van der Waals surface area contributed by atoms with E-state index in [0.717, 1.165) is 12.1 Å². The van der Waals surface area contributed by atoms with Crippen LogP contribution in [-0.2, 0) is 11.8 Å². The van der Waals surface area contributed by atoms with Crippen molar-refractivity contribution in [3.05, 3.63) is 29.3 Å². The summed E-state index contributed by atoms with van der Waals surface area (Å²) >= 11 is 0. The zero-order valence-corrected chi connectivity index (χ0v) is 10.1. The number of rotatable bonds is 0. The van der Waals surface area contributed by atoms with Crippen molar-refractivity contribution in [3.8, 4) is 0 Å². The monoisotopic (exact) mass is 218 g/mol. The van der Waals surface area contributed by atoms with E-state index in [1.54, 1.807) is 0 Å². The van der Waals surface area contributed by atoms with Crippen LogP contribution in [0.15, 0.2) is 18.2 Å². The molecular formula is C13H18N2O. The first-order chi connectivity index (χ1) is 7.47. The molecule has 0 aromatic heterocycles. The van der Waals surface area contributed by atoms with Gasteiger partial charge in [-0.2, -0.15) is 0 Å². The molecule has 0 atom stereocenters. The third kappa shape index (κ3) is 2.18. The van der Waals surface area contributed by atoms with Crippen LogP contribution < -0.4 is 10.6 Å². The van der Waals surface area contributed by atoms with Crippen molar-refractivity contribution in [1.29, 1.82) is 0 Å². The number of amides is 2. The molecule has 2 amide bonds. The van der Waals surface area contributed by atoms with Crippen LogP contribution in [0.3, 0.4) is 0 Å². The quantitative estimate of drug-likeness (QED) is 0.690. The van der Waals surface area contributed by atoms with Crippen molar-refractivity contribution >= 4 is 11.7 Å². The SMILES string of the molecule is CC(C)(C)c1ccc2c(c1)CCNC(=O)N2. The molecule has 16 heavy (non-hydrogen) atoms. The lowest BCUT2D eigenvalue weighted by Gasteiger charge is -2.20. The zero-order valence-electron chi connectivity index (χ0n) is 10.1. The highest BCUT2D eigenvalue weighted by Crippen LogP contribution is 2.27. The Hall–Kier alpha value is -1.51. The fraction of sp³-hybridized carbons (Fsp3) is 0.462. The predicted octanol–water partition coefficient (Wildman–Crippen LogP) is 2.66. The van der Waals surface area contributed by atoms with E-state index in [9.17, 15) is 4.79 Å². The molecule has 1 heterocycles. The molecule has 1 aromatic rings. The van der Waals surface area contributed by atoms with Gasteiger partial charge < -0.3 is 10.6 Å². The summed E-state index contributed by atoms with van der Waals surface area (Å²) in [7, 11) is 0. The van der Waals surface area contributed by atoms with Crippen LogP contribution in [0.25, 0.3) is 0 Å². The average Bonchev–Trinajstić information content (AvgIpc) is 2.35. The smallest absolute Gasteiger partial charge is 0.319 e. The third-order valence-electron chi connectivity index (χ3n) is 2.90. The molecule has 0 saturated carbocycles. The van der Waals surface area contributed by atoms with Crippen molar-refractivity contribution in [2.45, 2.75) is 32.6 Å². The summed E-state index contributed by atoms with van der Waals surface area (Å²) in [5, 5.41) is 5.65. The van der Waals surface area contributed by atoms with E-state index in [1.807, 2.05) is 6.07 Å². The van der Waals surface area contributed by atoms with E-state index in [2.05, 4.69) is 43.5 Å². The molecule has 2 N–H and O–H groups in total. The highest BCUT2D eigenvalue weighted by Gasteiger charge is 2.17. The molecular weight excluding hydrogens is 200 g/mol. The van der Waals surface area contributed by atoms with Crippen molar-refractivity contribution in [1.82, 2.24) is 5.32 Å². The lowest BCUT2D eigenvalue weighted by atomic mass is 9.85. The number of carbonyl (C=O) groups excluding carboxylic acids is 1. The van der Waals surface area contributed by atoms with Crippen molar-refractivity contribution < 1.29 is 4.79 Å². The minimum Gasteiger partial charge on any atom is -0.338 e. The van der Waals surface area contributed by atoms with Crippen LogP contribution in [-0.4, -0.2) is 12.6 Å². The summed E-state index contributed by atoms with van der Waals surface area (Å²) < 4.78 is 0. The first-order valence-corrected chi connectivity index (χ1v) is 5.65. The van der Waals surface area contributed by atoms with E-state index >= 15 is 0 Å². The fourth-order valence-electron chi connectivity index (χ4n) is 1.87. The minimum absolute atomic E-state index is 0.109. The third-order valence-corrected chi connectivity index (χ3v) is 2.90. The minimum atomic E-state index is -0.109. The maximum absolute atomic E-state index is 11.3.